The summed E-state index contributed by atoms with van der Waals surface area (Å²) >= 11 is 3.05. The van der Waals surface area contributed by atoms with Gasteiger partial charge in [0.1, 0.15) is 11.6 Å². The lowest BCUT2D eigenvalue weighted by Gasteiger charge is -2.30. The van der Waals surface area contributed by atoms with Crippen molar-refractivity contribution in [3.63, 3.8) is 0 Å². The first-order chi connectivity index (χ1) is 8.49. The Kier molecular flexibility index (Phi) is 3.80. The molecule has 1 saturated heterocycles. The summed E-state index contributed by atoms with van der Waals surface area (Å²) in [6, 6.07) is 4.31. The molecule has 2 rings (SSSR count). The third-order valence-corrected chi connectivity index (χ3v) is 3.77. The van der Waals surface area contributed by atoms with Crippen LogP contribution in [0.3, 0.4) is 0 Å². The largest absolute Gasteiger partial charge is 0.337 e. The number of benzene rings is 1. The zero-order chi connectivity index (χ0) is 13.3. The minimum atomic E-state index is -0.456. The Bertz CT molecular complexity index is 504. The molecule has 1 atom stereocenters. The second-order valence-corrected chi connectivity index (χ2v) is 5.35. The van der Waals surface area contributed by atoms with Gasteiger partial charge in [-0.05, 0) is 34.1 Å². The predicted octanol–water partition coefficient (Wildman–Crippen LogP) is 2.64. The van der Waals surface area contributed by atoms with Crippen LogP contribution in [0.1, 0.15) is 23.7 Å². The lowest BCUT2D eigenvalue weighted by Crippen LogP contribution is -2.43. The SMILES string of the molecule is CC1CN(C(=O)c2ccc(Br)c(F)c2)CCC1=O. The Morgan fingerprint density at radius 1 is 1.50 bits per heavy atom. The fraction of sp³-hybridized carbons (Fsp3) is 0.385. The zero-order valence-electron chi connectivity index (χ0n) is 9.95. The predicted molar refractivity (Wildman–Crippen MR) is 68.8 cm³/mol. The molecule has 1 amide bonds. The zero-order valence-corrected chi connectivity index (χ0v) is 11.5. The van der Waals surface area contributed by atoms with Crippen LogP contribution in [0.25, 0.3) is 0 Å². The monoisotopic (exact) mass is 313 g/mol. The molecule has 0 bridgehead atoms. The molecule has 1 aliphatic rings. The quantitative estimate of drug-likeness (QED) is 0.799. The fourth-order valence-electron chi connectivity index (χ4n) is 2.01. The van der Waals surface area contributed by atoms with E-state index in [1.807, 2.05) is 6.92 Å². The van der Waals surface area contributed by atoms with Crippen molar-refractivity contribution in [3.8, 4) is 0 Å². The van der Waals surface area contributed by atoms with Gasteiger partial charge in [0.2, 0.25) is 0 Å². The van der Waals surface area contributed by atoms with Gasteiger partial charge < -0.3 is 4.90 Å². The number of carbonyl (C=O) groups is 2. The van der Waals surface area contributed by atoms with Crippen molar-refractivity contribution in [3.05, 3.63) is 34.1 Å². The van der Waals surface area contributed by atoms with Gasteiger partial charge in [-0.3, -0.25) is 9.59 Å². The van der Waals surface area contributed by atoms with Gasteiger partial charge in [-0.1, -0.05) is 6.92 Å². The van der Waals surface area contributed by atoms with E-state index in [0.29, 0.717) is 29.5 Å². The van der Waals surface area contributed by atoms with Gasteiger partial charge in [0.05, 0.1) is 4.47 Å². The summed E-state index contributed by atoms with van der Waals surface area (Å²) < 4.78 is 13.7. The smallest absolute Gasteiger partial charge is 0.253 e. The van der Waals surface area contributed by atoms with Gasteiger partial charge in [-0.2, -0.15) is 0 Å². The molecule has 0 radical (unpaired) electrons. The van der Waals surface area contributed by atoms with Crippen molar-refractivity contribution in [1.82, 2.24) is 4.90 Å². The Balaban J connectivity index is 2.16. The van der Waals surface area contributed by atoms with Crippen LogP contribution >= 0.6 is 15.9 Å². The van der Waals surface area contributed by atoms with Crippen molar-refractivity contribution in [1.29, 1.82) is 0 Å². The number of amides is 1. The van der Waals surface area contributed by atoms with Crippen LogP contribution < -0.4 is 0 Å². The molecule has 1 heterocycles. The Morgan fingerprint density at radius 3 is 2.83 bits per heavy atom. The molecule has 1 aliphatic heterocycles. The van der Waals surface area contributed by atoms with E-state index >= 15 is 0 Å². The molecule has 0 saturated carbocycles. The standard InChI is InChI=1S/C13H13BrFNO2/c1-8-7-16(5-4-12(8)17)13(18)9-2-3-10(14)11(15)6-9/h2-3,6,8H,4-5,7H2,1H3. The second kappa shape index (κ2) is 5.18. The van der Waals surface area contributed by atoms with Crippen molar-refractivity contribution >= 4 is 27.6 Å². The molecule has 5 heteroatoms. The normalized spacial score (nSPS) is 20.1. The number of rotatable bonds is 1. The molecule has 1 fully saturated rings. The second-order valence-electron chi connectivity index (χ2n) is 4.50. The molecule has 0 aliphatic carbocycles. The molecule has 0 aromatic heterocycles. The van der Waals surface area contributed by atoms with Crippen LogP contribution in [0.4, 0.5) is 4.39 Å². The van der Waals surface area contributed by atoms with Crippen LogP contribution in [-0.2, 0) is 4.79 Å². The number of likely N-dealkylation sites (tertiary alicyclic amines) is 1. The molecular formula is C13H13BrFNO2. The minimum absolute atomic E-state index is 0.136. The van der Waals surface area contributed by atoms with E-state index < -0.39 is 5.82 Å². The topological polar surface area (TPSA) is 37.4 Å². The lowest BCUT2D eigenvalue weighted by atomic mass is 9.98. The van der Waals surface area contributed by atoms with E-state index in [9.17, 15) is 14.0 Å². The summed E-state index contributed by atoms with van der Waals surface area (Å²) in [6.07, 6.45) is 0.381. The molecule has 18 heavy (non-hydrogen) atoms. The van der Waals surface area contributed by atoms with Gasteiger partial charge in [0.25, 0.3) is 5.91 Å². The van der Waals surface area contributed by atoms with E-state index in [-0.39, 0.29) is 17.6 Å². The number of carbonyl (C=O) groups excluding carboxylic acids is 2. The fourth-order valence-corrected chi connectivity index (χ4v) is 2.26. The number of piperidine rings is 1. The van der Waals surface area contributed by atoms with Crippen molar-refractivity contribution < 1.29 is 14.0 Å². The molecule has 1 unspecified atom stereocenters. The van der Waals surface area contributed by atoms with E-state index in [2.05, 4.69) is 15.9 Å². The average Bonchev–Trinajstić information content (AvgIpc) is 2.35. The van der Waals surface area contributed by atoms with Crippen LogP contribution in [0, 0.1) is 11.7 Å². The number of hydrogen-bond donors (Lipinski definition) is 0. The summed E-state index contributed by atoms with van der Waals surface area (Å²) in [4.78, 5) is 25.1. The van der Waals surface area contributed by atoms with Crippen molar-refractivity contribution in [2.24, 2.45) is 5.92 Å². The van der Waals surface area contributed by atoms with E-state index in [4.69, 9.17) is 0 Å². The Labute approximate surface area is 113 Å². The summed E-state index contributed by atoms with van der Waals surface area (Å²) in [7, 11) is 0. The van der Waals surface area contributed by atoms with Gasteiger partial charge >= 0.3 is 0 Å². The molecule has 96 valence electrons. The molecule has 1 aromatic rings. The maximum absolute atomic E-state index is 13.4. The van der Waals surface area contributed by atoms with E-state index in [0.717, 1.165) is 0 Å². The highest BCUT2D eigenvalue weighted by molar-refractivity contribution is 9.10. The molecular weight excluding hydrogens is 301 g/mol. The molecule has 1 aromatic carbocycles. The van der Waals surface area contributed by atoms with Gasteiger partial charge in [0, 0.05) is 31.0 Å². The maximum atomic E-state index is 13.4. The summed E-state index contributed by atoms with van der Waals surface area (Å²) in [5, 5.41) is 0. The first kappa shape index (κ1) is 13.2. The minimum Gasteiger partial charge on any atom is -0.337 e. The van der Waals surface area contributed by atoms with Crippen LogP contribution in [0.15, 0.2) is 22.7 Å². The third kappa shape index (κ3) is 2.61. The number of halogens is 2. The van der Waals surface area contributed by atoms with Crippen molar-refractivity contribution in [2.45, 2.75) is 13.3 Å². The van der Waals surface area contributed by atoms with Crippen LogP contribution in [0.2, 0.25) is 0 Å². The highest BCUT2D eigenvalue weighted by atomic mass is 79.9. The first-order valence-electron chi connectivity index (χ1n) is 5.76. The summed E-state index contributed by atoms with van der Waals surface area (Å²) in [6.45, 7) is 2.64. The van der Waals surface area contributed by atoms with Crippen LogP contribution in [-0.4, -0.2) is 29.7 Å². The Hall–Kier alpha value is -1.23. The Morgan fingerprint density at radius 2 is 2.22 bits per heavy atom. The highest BCUT2D eigenvalue weighted by Gasteiger charge is 2.27. The van der Waals surface area contributed by atoms with Gasteiger partial charge in [0.15, 0.2) is 0 Å². The number of Topliss-reactive ketones (excluding diaryl/α,β-unsaturated/α-hetero) is 1. The lowest BCUT2D eigenvalue weighted by molar-refractivity contribution is -0.124. The maximum Gasteiger partial charge on any atom is 0.253 e. The third-order valence-electron chi connectivity index (χ3n) is 3.13. The summed E-state index contributed by atoms with van der Waals surface area (Å²) in [5.41, 5.74) is 0.317. The van der Waals surface area contributed by atoms with Gasteiger partial charge in [-0.15, -0.1) is 0 Å². The van der Waals surface area contributed by atoms with Gasteiger partial charge in [-0.25, -0.2) is 4.39 Å². The summed E-state index contributed by atoms with van der Waals surface area (Å²) in [5.74, 6) is -0.633. The van der Waals surface area contributed by atoms with E-state index in [1.165, 1.54) is 12.1 Å². The molecule has 0 N–H and O–H groups in total. The number of hydrogen-bond acceptors (Lipinski definition) is 2. The number of ketones is 1. The molecule has 3 nitrogen and oxygen atoms in total. The van der Waals surface area contributed by atoms with Crippen LogP contribution in [0.5, 0.6) is 0 Å². The number of nitrogens with zero attached hydrogens (tertiary/aromatic N) is 1. The van der Waals surface area contributed by atoms with Crippen molar-refractivity contribution in [2.75, 3.05) is 13.1 Å². The van der Waals surface area contributed by atoms with E-state index in [1.54, 1.807) is 11.0 Å². The average molecular weight is 314 g/mol. The first-order valence-corrected chi connectivity index (χ1v) is 6.55. The highest BCUT2D eigenvalue weighted by Crippen LogP contribution is 2.19. The molecule has 0 spiro atoms.